The molecule has 1 fully saturated rings. The third kappa shape index (κ3) is 3.66. The molecular formula is C14H15ClF3NO. The van der Waals surface area contributed by atoms with Gasteiger partial charge in [-0.3, -0.25) is 4.79 Å². The molecule has 110 valence electrons. The van der Waals surface area contributed by atoms with Crippen LogP contribution in [-0.2, 0) is 6.18 Å². The van der Waals surface area contributed by atoms with E-state index in [0.717, 1.165) is 31.4 Å². The van der Waals surface area contributed by atoms with Crippen molar-refractivity contribution in [2.75, 3.05) is 6.54 Å². The van der Waals surface area contributed by atoms with E-state index in [4.69, 9.17) is 11.6 Å². The third-order valence-electron chi connectivity index (χ3n) is 3.57. The van der Waals surface area contributed by atoms with E-state index in [9.17, 15) is 18.0 Å². The van der Waals surface area contributed by atoms with Gasteiger partial charge < -0.3 is 5.32 Å². The third-order valence-corrected chi connectivity index (χ3v) is 4.14. The molecule has 1 amide bonds. The van der Waals surface area contributed by atoms with Crippen molar-refractivity contribution in [2.45, 2.75) is 30.8 Å². The van der Waals surface area contributed by atoms with Crippen LogP contribution in [0.2, 0.25) is 0 Å². The van der Waals surface area contributed by atoms with Gasteiger partial charge in [0.05, 0.1) is 5.56 Å². The van der Waals surface area contributed by atoms with Crippen molar-refractivity contribution in [2.24, 2.45) is 5.92 Å². The van der Waals surface area contributed by atoms with Gasteiger partial charge in [-0.15, -0.1) is 11.6 Å². The highest BCUT2D eigenvalue weighted by molar-refractivity contribution is 6.21. The average molecular weight is 306 g/mol. The molecule has 2 atom stereocenters. The summed E-state index contributed by atoms with van der Waals surface area (Å²) < 4.78 is 37.2. The zero-order valence-electron chi connectivity index (χ0n) is 10.7. The Morgan fingerprint density at radius 3 is 2.40 bits per heavy atom. The van der Waals surface area contributed by atoms with Gasteiger partial charge in [0.1, 0.15) is 0 Å². The number of halogens is 4. The summed E-state index contributed by atoms with van der Waals surface area (Å²) in [4.78, 5) is 11.8. The maximum atomic E-state index is 12.4. The first kappa shape index (κ1) is 15.2. The minimum Gasteiger partial charge on any atom is -0.352 e. The van der Waals surface area contributed by atoms with Gasteiger partial charge in [-0.1, -0.05) is 6.42 Å². The fourth-order valence-electron chi connectivity index (χ4n) is 2.36. The summed E-state index contributed by atoms with van der Waals surface area (Å²) in [6.07, 6.45) is -1.41. The minimum absolute atomic E-state index is 0.0721. The molecule has 20 heavy (non-hydrogen) atoms. The molecule has 0 aromatic heterocycles. The monoisotopic (exact) mass is 305 g/mol. The number of amides is 1. The lowest BCUT2D eigenvalue weighted by atomic mass is 10.1. The predicted molar refractivity (Wildman–Crippen MR) is 70.8 cm³/mol. The van der Waals surface area contributed by atoms with Crippen LogP contribution in [0.3, 0.4) is 0 Å². The fraction of sp³-hybridized carbons (Fsp3) is 0.500. The van der Waals surface area contributed by atoms with Crippen LogP contribution < -0.4 is 5.32 Å². The van der Waals surface area contributed by atoms with Crippen molar-refractivity contribution >= 4 is 17.5 Å². The average Bonchev–Trinajstić information content (AvgIpc) is 2.81. The molecule has 1 aromatic carbocycles. The molecule has 2 unspecified atom stereocenters. The molecule has 1 aliphatic rings. The highest BCUT2D eigenvalue weighted by Gasteiger charge is 2.30. The Hall–Kier alpha value is -1.23. The first-order chi connectivity index (χ1) is 9.38. The highest BCUT2D eigenvalue weighted by Crippen LogP contribution is 2.30. The molecule has 6 heteroatoms. The Balaban J connectivity index is 1.92. The van der Waals surface area contributed by atoms with Crippen molar-refractivity contribution in [3.8, 4) is 0 Å². The summed E-state index contributed by atoms with van der Waals surface area (Å²) in [6.45, 7) is 0.466. The summed E-state index contributed by atoms with van der Waals surface area (Å²) in [6, 6.07) is 4.19. The molecule has 2 nitrogen and oxygen atoms in total. The van der Waals surface area contributed by atoms with Gasteiger partial charge in [-0.25, -0.2) is 0 Å². The van der Waals surface area contributed by atoms with E-state index in [1.165, 1.54) is 12.1 Å². The molecule has 1 saturated carbocycles. The van der Waals surface area contributed by atoms with E-state index >= 15 is 0 Å². The van der Waals surface area contributed by atoms with E-state index in [-0.39, 0.29) is 22.8 Å². The van der Waals surface area contributed by atoms with Crippen molar-refractivity contribution in [1.29, 1.82) is 0 Å². The Labute approximate surface area is 120 Å². The van der Waals surface area contributed by atoms with E-state index < -0.39 is 11.7 Å². The molecule has 0 heterocycles. The van der Waals surface area contributed by atoms with E-state index in [1.807, 2.05) is 0 Å². The lowest BCUT2D eigenvalue weighted by Crippen LogP contribution is -2.31. The van der Waals surface area contributed by atoms with Crippen molar-refractivity contribution < 1.29 is 18.0 Å². The van der Waals surface area contributed by atoms with E-state index in [0.29, 0.717) is 6.54 Å². The molecule has 1 aromatic rings. The van der Waals surface area contributed by atoms with Crippen LogP contribution in [0.5, 0.6) is 0 Å². The van der Waals surface area contributed by atoms with Crippen LogP contribution in [-0.4, -0.2) is 17.8 Å². The molecule has 2 rings (SSSR count). The normalized spacial score (nSPS) is 22.8. The molecule has 1 N–H and O–H groups in total. The van der Waals surface area contributed by atoms with Crippen LogP contribution in [0.25, 0.3) is 0 Å². The second-order valence-electron chi connectivity index (χ2n) is 4.99. The van der Waals surface area contributed by atoms with Crippen molar-refractivity contribution in [1.82, 2.24) is 5.32 Å². The highest BCUT2D eigenvalue weighted by atomic mass is 35.5. The largest absolute Gasteiger partial charge is 0.416 e. The number of hydrogen-bond donors (Lipinski definition) is 1. The van der Waals surface area contributed by atoms with Gasteiger partial charge >= 0.3 is 6.18 Å². The summed E-state index contributed by atoms with van der Waals surface area (Å²) in [5.41, 5.74) is -0.534. The SMILES string of the molecule is O=C(NCC1CCCC1Cl)c1ccc(C(F)(F)F)cc1. The van der Waals surface area contributed by atoms with Gasteiger partial charge in [-0.05, 0) is 43.0 Å². The standard InChI is InChI=1S/C14H15ClF3NO/c15-12-3-1-2-10(12)8-19-13(20)9-4-6-11(7-5-9)14(16,17)18/h4-7,10,12H,1-3,8H2,(H,19,20). The number of alkyl halides is 4. The Kier molecular flexibility index (Phi) is 4.58. The molecule has 1 aliphatic carbocycles. The van der Waals surface area contributed by atoms with Gasteiger partial charge in [0.25, 0.3) is 5.91 Å². The van der Waals surface area contributed by atoms with E-state index in [2.05, 4.69) is 5.32 Å². The zero-order chi connectivity index (χ0) is 14.8. The van der Waals surface area contributed by atoms with Crippen LogP contribution in [0.1, 0.15) is 35.2 Å². The first-order valence-corrected chi connectivity index (χ1v) is 6.91. The maximum Gasteiger partial charge on any atom is 0.416 e. The minimum atomic E-state index is -4.38. The van der Waals surface area contributed by atoms with Crippen molar-refractivity contribution in [3.63, 3.8) is 0 Å². The molecule has 0 spiro atoms. The number of carbonyl (C=O) groups is 1. The summed E-state index contributed by atoms with van der Waals surface area (Å²) in [5.74, 6) is -0.121. The second kappa shape index (κ2) is 6.04. The van der Waals surface area contributed by atoms with E-state index in [1.54, 1.807) is 0 Å². The van der Waals surface area contributed by atoms with Gasteiger partial charge in [0, 0.05) is 17.5 Å². The molecule has 0 radical (unpaired) electrons. The van der Waals surface area contributed by atoms with Gasteiger partial charge in [-0.2, -0.15) is 13.2 Å². The second-order valence-corrected chi connectivity index (χ2v) is 5.55. The summed E-state index contributed by atoms with van der Waals surface area (Å²) in [5, 5.41) is 2.80. The number of hydrogen-bond acceptors (Lipinski definition) is 1. The fourth-order valence-corrected chi connectivity index (χ4v) is 2.73. The zero-order valence-corrected chi connectivity index (χ0v) is 11.5. The topological polar surface area (TPSA) is 29.1 Å². The molecule has 0 saturated heterocycles. The summed E-state index contributed by atoms with van der Waals surface area (Å²) in [7, 11) is 0. The van der Waals surface area contributed by atoms with Crippen LogP contribution in [0, 0.1) is 5.92 Å². The predicted octanol–water partition coefficient (Wildman–Crippen LogP) is 3.84. The Morgan fingerprint density at radius 1 is 1.25 bits per heavy atom. The Morgan fingerprint density at radius 2 is 1.90 bits per heavy atom. The maximum absolute atomic E-state index is 12.4. The van der Waals surface area contributed by atoms with Gasteiger partial charge in [0.2, 0.25) is 0 Å². The number of carbonyl (C=O) groups excluding carboxylic acids is 1. The number of benzene rings is 1. The number of rotatable bonds is 3. The van der Waals surface area contributed by atoms with Gasteiger partial charge in [0.15, 0.2) is 0 Å². The van der Waals surface area contributed by atoms with Crippen LogP contribution in [0.4, 0.5) is 13.2 Å². The lowest BCUT2D eigenvalue weighted by molar-refractivity contribution is -0.137. The quantitative estimate of drug-likeness (QED) is 0.845. The van der Waals surface area contributed by atoms with Crippen LogP contribution in [0.15, 0.2) is 24.3 Å². The lowest BCUT2D eigenvalue weighted by Gasteiger charge is -2.14. The first-order valence-electron chi connectivity index (χ1n) is 6.47. The number of nitrogens with one attached hydrogen (secondary N) is 1. The van der Waals surface area contributed by atoms with Crippen LogP contribution >= 0.6 is 11.6 Å². The molecule has 0 aliphatic heterocycles. The Bertz CT molecular complexity index is 472. The molecule has 0 bridgehead atoms. The van der Waals surface area contributed by atoms with Crippen molar-refractivity contribution in [3.05, 3.63) is 35.4 Å². The molecular weight excluding hydrogens is 291 g/mol. The smallest absolute Gasteiger partial charge is 0.352 e. The summed E-state index contributed by atoms with van der Waals surface area (Å²) >= 11 is 6.10.